The number of carbonyl (C=O) groups excluding carboxylic acids is 1. The van der Waals surface area contributed by atoms with Crippen LogP contribution in [0.3, 0.4) is 0 Å². The van der Waals surface area contributed by atoms with Gasteiger partial charge in [-0.15, -0.1) is 11.3 Å². The summed E-state index contributed by atoms with van der Waals surface area (Å²) in [7, 11) is 0. The van der Waals surface area contributed by atoms with Gasteiger partial charge in [0.2, 0.25) is 0 Å². The average molecular weight is 369 g/mol. The number of thiophene rings is 1. The predicted molar refractivity (Wildman–Crippen MR) is 108 cm³/mol. The molecule has 0 saturated carbocycles. The minimum Gasteiger partial charge on any atom is -0.348 e. The van der Waals surface area contributed by atoms with Crippen molar-refractivity contribution in [1.29, 1.82) is 0 Å². The molecule has 1 amide bonds. The molecule has 0 aliphatic rings. The summed E-state index contributed by atoms with van der Waals surface area (Å²) in [6.45, 7) is 9.18. The second kappa shape index (κ2) is 7.46. The maximum atomic E-state index is 12.9. The van der Waals surface area contributed by atoms with Crippen LogP contribution in [0.25, 0.3) is 10.1 Å². The van der Waals surface area contributed by atoms with Gasteiger partial charge in [0.15, 0.2) is 0 Å². The Hall–Kier alpha value is -2.40. The Balaban J connectivity index is 1.96. The summed E-state index contributed by atoms with van der Waals surface area (Å²) < 4.78 is 2.57. The van der Waals surface area contributed by atoms with Gasteiger partial charge in [0.25, 0.3) is 11.5 Å². The molecule has 0 spiro atoms. The van der Waals surface area contributed by atoms with E-state index in [0.29, 0.717) is 30.0 Å². The fraction of sp³-hybridized carbons (Fsp3) is 0.333. The molecule has 4 nitrogen and oxygen atoms in total. The van der Waals surface area contributed by atoms with E-state index in [4.69, 9.17) is 0 Å². The molecule has 0 saturated heterocycles. The van der Waals surface area contributed by atoms with Crippen LogP contribution in [0.1, 0.15) is 40.2 Å². The largest absolute Gasteiger partial charge is 0.348 e. The monoisotopic (exact) mass is 368 g/mol. The number of rotatable bonds is 5. The first-order chi connectivity index (χ1) is 12.4. The summed E-state index contributed by atoms with van der Waals surface area (Å²) >= 11 is 1.50. The molecule has 0 unspecified atom stereocenters. The Labute approximate surface area is 157 Å². The van der Waals surface area contributed by atoms with Crippen LogP contribution < -0.4 is 10.9 Å². The van der Waals surface area contributed by atoms with Gasteiger partial charge in [-0.2, -0.15) is 0 Å². The van der Waals surface area contributed by atoms with Gasteiger partial charge in [0, 0.05) is 28.9 Å². The number of hydrogen-bond acceptors (Lipinski definition) is 3. The van der Waals surface area contributed by atoms with Crippen molar-refractivity contribution in [3.8, 4) is 0 Å². The van der Waals surface area contributed by atoms with E-state index in [-0.39, 0.29) is 11.5 Å². The summed E-state index contributed by atoms with van der Waals surface area (Å²) in [5.41, 5.74) is 2.65. The topological polar surface area (TPSA) is 51.1 Å². The van der Waals surface area contributed by atoms with Crippen LogP contribution in [0.5, 0.6) is 0 Å². The molecule has 0 aliphatic carbocycles. The molecule has 136 valence electrons. The van der Waals surface area contributed by atoms with E-state index >= 15 is 0 Å². The molecule has 0 aliphatic heterocycles. The van der Waals surface area contributed by atoms with E-state index in [9.17, 15) is 9.59 Å². The highest BCUT2D eigenvalue weighted by Crippen LogP contribution is 2.28. The summed E-state index contributed by atoms with van der Waals surface area (Å²) in [4.78, 5) is 26.7. The Kier molecular flexibility index (Phi) is 5.28. The minimum atomic E-state index is -0.184. The Morgan fingerprint density at radius 2 is 1.92 bits per heavy atom. The van der Waals surface area contributed by atoms with E-state index in [0.717, 1.165) is 20.7 Å². The average Bonchev–Trinajstić information content (AvgIpc) is 2.93. The standard InChI is InChI=1S/C21H24N2O2S/c1-13(2)12-23-10-9-17-19(21(23)25)18(15(4)26-17)20(24)22-11-16-8-6-5-7-14(16)3/h5-10,13H,11-12H2,1-4H3,(H,22,24). The zero-order valence-electron chi connectivity index (χ0n) is 15.6. The van der Waals surface area contributed by atoms with Crippen LogP contribution >= 0.6 is 11.3 Å². The van der Waals surface area contributed by atoms with Crippen LogP contribution in [0.15, 0.2) is 41.3 Å². The van der Waals surface area contributed by atoms with Crippen molar-refractivity contribution in [2.24, 2.45) is 5.92 Å². The van der Waals surface area contributed by atoms with Crippen LogP contribution in [0, 0.1) is 19.8 Å². The van der Waals surface area contributed by atoms with Crippen molar-refractivity contribution in [2.75, 3.05) is 0 Å². The third-order valence-corrected chi connectivity index (χ3v) is 5.55. The van der Waals surface area contributed by atoms with E-state index in [2.05, 4.69) is 19.2 Å². The number of aromatic nitrogens is 1. The number of nitrogens with one attached hydrogen (secondary N) is 1. The molecule has 3 aromatic rings. The van der Waals surface area contributed by atoms with E-state index in [1.807, 2.05) is 50.4 Å². The first-order valence-corrected chi connectivity index (χ1v) is 9.65. The van der Waals surface area contributed by atoms with E-state index < -0.39 is 0 Å². The van der Waals surface area contributed by atoms with Crippen molar-refractivity contribution in [2.45, 2.75) is 40.8 Å². The van der Waals surface area contributed by atoms with Crippen LogP contribution in [-0.2, 0) is 13.1 Å². The highest BCUT2D eigenvalue weighted by atomic mass is 32.1. The summed E-state index contributed by atoms with van der Waals surface area (Å²) in [5, 5.41) is 3.52. The fourth-order valence-corrected chi connectivity index (χ4v) is 4.19. The van der Waals surface area contributed by atoms with E-state index in [1.165, 1.54) is 11.3 Å². The molecular formula is C21H24N2O2S. The van der Waals surface area contributed by atoms with Gasteiger partial charge in [0.1, 0.15) is 0 Å². The Morgan fingerprint density at radius 1 is 1.19 bits per heavy atom. The molecule has 1 aromatic carbocycles. The van der Waals surface area contributed by atoms with Crippen LogP contribution in [-0.4, -0.2) is 10.5 Å². The normalized spacial score (nSPS) is 11.3. The molecule has 2 aromatic heterocycles. The van der Waals surface area contributed by atoms with Gasteiger partial charge in [0.05, 0.1) is 10.9 Å². The van der Waals surface area contributed by atoms with Gasteiger partial charge < -0.3 is 9.88 Å². The van der Waals surface area contributed by atoms with Crippen LogP contribution in [0.2, 0.25) is 0 Å². The number of benzene rings is 1. The molecule has 1 N–H and O–H groups in total. The highest BCUT2D eigenvalue weighted by Gasteiger charge is 2.20. The number of nitrogens with zero attached hydrogens (tertiary/aromatic N) is 1. The number of fused-ring (bicyclic) bond motifs is 1. The number of carbonyl (C=O) groups is 1. The predicted octanol–water partition coefficient (Wildman–Crippen LogP) is 4.27. The molecule has 0 atom stereocenters. The maximum Gasteiger partial charge on any atom is 0.260 e. The minimum absolute atomic E-state index is 0.0819. The van der Waals surface area contributed by atoms with Gasteiger partial charge in [-0.3, -0.25) is 9.59 Å². The number of hydrogen-bond donors (Lipinski definition) is 1. The van der Waals surface area contributed by atoms with Gasteiger partial charge in [-0.05, 0) is 37.0 Å². The maximum absolute atomic E-state index is 12.9. The lowest BCUT2D eigenvalue weighted by molar-refractivity contribution is 0.0952. The molecule has 3 rings (SSSR count). The van der Waals surface area contributed by atoms with Crippen molar-refractivity contribution in [1.82, 2.24) is 9.88 Å². The molecule has 0 bridgehead atoms. The molecule has 0 fully saturated rings. The first kappa shape index (κ1) is 18.4. The van der Waals surface area contributed by atoms with Crippen molar-refractivity contribution in [3.05, 3.63) is 68.4 Å². The third kappa shape index (κ3) is 3.58. The number of amides is 1. The van der Waals surface area contributed by atoms with Gasteiger partial charge in [-0.1, -0.05) is 38.1 Å². The Morgan fingerprint density at radius 3 is 2.62 bits per heavy atom. The van der Waals surface area contributed by atoms with Gasteiger partial charge in [-0.25, -0.2) is 0 Å². The van der Waals surface area contributed by atoms with Crippen molar-refractivity contribution >= 4 is 27.3 Å². The Bertz CT molecular complexity index is 1010. The lowest BCUT2D eigenvalue weighted by Crippen LogP contribution is -2.27. The molecule has 2 heterocycles. The fourth-order valence-electron chi connectivity index (χ4n) is 3.15. The summed E-state index contributed by atoms with van der Waals surface area (Å²) in [5.74, 6) is 0.180. The SMILES string of the molecule is Cc1ccccc1CNC(=O)c1c(C)sc2ccn(CC(C)C)c(=O)c12. The van der Waals surface area contributed by atoms with E-state index in [1.54, 1.807) is 4.57 Å². The number of pyridine rings is 1. The zero-order valence-corrected chi connectivity index (χ0v) is 16.4. The quantitative estimate of drug-likeness (QED) is 0.731. The second-order valence-electron chi connectivity index (χ2n) is 7.05. The van der Waals surface area contributed by atoms with Crippen molar-refractivity contribution in [3.63, 3.8) is 0 Å². The second-order valence-corrected chi connectivity index (χ2v) is 8.31. The number of aryl methyl sites for hydroxylation is 2. The summed E-state index contributed by atoms with van der Waals surface area (Å²) in [6, 6.07) is 9.91. The smallest absolute Gasteiger partial charge is 0.260 e. The molecular weight excluding hydrogens is 344 g/mol. The zero-order chi connectivity index (χ0) is 18.8. The van der Waals surface area contributed by atoms with Crippen LogP contribution in [0.4, 0.5) is 0 Å². The third-order valence-electron chi connectivity index (χ3n) is 4.48. The lowest BCUT2D eigenvalue weighted by Gasteiger charge is -2.10. The van der Waals surface area contributed by atoms with Gasteiger partial charge >= 0.3 is 0 Å². The lowest BCUT2D eigenvalue weighted by atomic mass is 10.1. The van der Waals surface area contributed by atoms with Crippen molar-refractivity contribution < 1.29 is 4.79 Å². The summed E-state index contributed by atoms with van der Waals surface area (Å²) in [6.07, 6.45) is 1.83. The first-order valence-electron chi connectivity index (χ1n) is 8.83. The molecule has 5 heteroatoms. The highest BCUT2D eigenvalue weighted by molar-refractivity contribution is 7.19. The molecule has 26 heavy (non-hydrogen) atoms. The molecule has 0 radical (unpaired) electrons.